The summed E-state index contributed by atoms with van der Waals surface area (Å²) in [5.41, 5.74) is 1.91. The van der Waals surface area contributed by atoms with Crippen LogP contribution in [0.4, 0.5) is 5.69 Å². The van der Waals surface area contributed by atoms with Gasteiger partial charge >= 0.3 is 0 Å². The SMILES string of the molecule is Cc1cc(Br)ccc1NS(=O)(=O)c1cn(C(C)C)nc1C. The Kier molecular flexibility index (Phi) is 4.43. The summed E-state index contributed by atoms with van der Waals surface area (Å²) in [5.74, 6) is 0. The van der Waals surface area contributed by atoms with Crippen LogP contribution in [0.15, 0.2) is 33.8 Å². The molecule has 0 unspecified atom stereocenters. The van der Waals surface area contributed by atoms with Crippen molar-refractivity contribution in [3.05, 3.63) is 40.1 Å². The van der Waals surface area contributed by atoms with Crippen molar-refractivity contribution < 1.29 is 8.42 Å². The Balaban J connectivity index is 2.38. The van der Waals surface area contributed by atoms with Crippen LogP contribution in [0.3, 0.4) is 0 Å². The van der Waals surface area contributed by atoms with Crippen LogP contribution in [-0.2, 0) is 10.0 Å². The van der Waals surface area contributed by atoms with E-state index in [9.17, 15) is 8.42 Å². The van der Waals surface area contributed by atoms with E-state index in [1.54, 1.807) is 29.9 Å². The highest BCUT2D eigenvalue weighted by Crippen LogP contribution is 2.24. The first kappa shape index (κ1) is 16.0. The van der Waals surface area contributed by atoms with Gasteiger partial charge in [-0.2, -0.15) is 5.10 Å². The molecule has 2 aromatic rings. The lowest BCUT2D eigenvalue weighted by Gasteiger charge is -2.10. The summed E-state index contributed by atoms with van der Waals surface area (Å²) in [7, 11) is -3.64. The van der Waals surface area contributed by atoms with Gasteiger partial charge in [0.05, 0.1) is 11.4 Å². The van der Waals surface area contributed by atoms with Crippen LogP contribution in [-0.4, -0.2) is 18.2 Å². The maximum atomic E-state index is 12.5. The van der Waals surface area contributed by atoms with Crippen LogP contribution in [0, 0.1) is 13.8 Å². The molecule has 0 spiro atoms. The number of sulfonamides is 1. The molecule has 0 amide bonds. The second kappa shape index (κ2) is 5.81. The van der Waals surface area contributed by atoms with Crippen LogP contribution >= 0.6 is 15.9 Å². The molecule has 0 saturated heterocycles. The highest BCUT2D eigenvalue weighted by molar-refractivity contribution is 9.10. The minimum Gasteiger partial charge on any atom is -0.279 e. The third-order valence-corrected chi connectivity index (χ3v) is 5.08. The molecule has 1 N–H and O–H groups in total. The summed E-state index contributed by atoms with van der Waals surface area (Å²) < 4.78 is 30.2. The Morgan fingerprint density at radius 3 is 2.48 bits per heavy atom. The van der Waals surface area contributed by atoms with E-state index < -0.39 is 10.0 Å². The van der Waals surface area contributed by atoms with E-state index in [4.69, 9.17) is 0 Å². The van der Waals surface area contributed by atoms with Gasteiger partial charge in [-0.3, -0.25) is 9.40 Å². The lowest BCUT2D eigenvalue weighted by Crippen LogP contribution is -2.14. The minimum absolute atomic E-state index is 0.113. The molecule has 0 fully saturated rings. The molecular weight excluding hydrogens is 354 g/mol. The van der Waals surface area contributed by atoms with Crippen molar-refractivity contribution in [3.8, 4) is 0 Å². The number of benzene rings is 1. The van der Waals surface area contributed by atoms with Crippen molar-refractivity contribution in [1.82, 2.24) is 9.78 Å². The van der Waals surface area contributed by atoms with Gasteiger partial charge in [0, 0.05) is 16.7 Å². The van der Waals surface area contributed by atoms with E-state index in [0.29, 0.717) is 11.4 Å². The molecule has 5 nitrogen and oxygen atoms in total. The highest BCUT2D eigenvalue weighted by atomic mass is 79.9. The quantitative estimate of drug-likeness (QED) is 0.891. The third kappa shape index (κ3) is 3.47. The van der Waals surface area contributed by atoms with Crippen molar-refractivity contribution in [1.29, 1.82) is 0 Å². The molecule has 1 aromatic heterocycles. The van der Waals surface area contributed by atoms with Crippen molar-refractivity contribution >= 4 is 31.6 Å². The van der Waals surface area contributed by atoms with Gasteiger partial charge in [0.1, 0.15) is 4.90 Å². The fourth-order valence-electron chi connectivity index (χ4n) is 1.93. The average molecular weight is 372 g/mol. The number of aromatic nitrogens is 2. The van der Waals surface area contributed by atoms with E-state index in [0.717, 1.165) is 10.0 Å². The second-order valence-corrected chi connectivity index (χ2v) is 7.78. The summed E-state index contributed by atoms with van der Waals surface area (Å²) in [6.07, 6.45) is 1.57. The molecule has 114 valence electrons. The van der Waals surface area contributed by atoms with Crippen LogP contribution in [0.5, 0.6) is 0 Å². The summed E-state index contributed by atoms with van der Waals surface area (Å²) >= 11 is 3.36. The molecular formula is C14H18BrN3O2S. The zero-order valence-corrected chi connectivity index (χ0v) is 14.8. The summed E-state index contributed by atoms with van der Waals surface area (Å²) in [4.78, 5) is 0.207. The maximum Gasteiger partial charge on any atom is 0.265 e. The monoisotopic (exact) mass is 371 g/mol. The smallest absolute Gasteiger partial charge is 0.265 e. The van der Waals surface area contributed by atoms with Crippen molar-refractivity contribution in [3.63, 3.8) is 0 Å². The van der Waals surface area contributed by atoms with Gasteiger partial charge in [-0.1, -0.05) is 15.9 Å². The minimum atomic E-state index is -3.64. The lowest BCUT2D eigenvalue weighted by atomic mass is 10.2. The van der Waals surface area contributed by atoms with Crippen LogP contribution in [0.2, 0.25) is 0 Å². The second-order valence-electron chi connectivity index (χ2n) is 5.22. The summed E-state index contributed by atoms with van der Waals surface area (Å²) in [6.45, 7) is 7.46. The Morgan fingerprint density at radius 2 is 1.95 bits per heavy atom. The zero-order chi connectivity index (χ0) is 15.8. The number of anilines is 1. The molecule has 0 aliphatic carbocycles. The van der Waals surface area contributed by atoms with E-state index in [-0.39, 0.29) is 10.9 Å². The van der Waals surface area contributed by atoms with Crippen molar-refractivity contribution in [2.24, 2.45) is 0 Å². The highest BCUT2D eigenvalue weighted by Gasteiger charge is 2.21. The van der Waals surface area contributed by atoms with Gasteiger partial charge in [-0.25, -0.2) is 8.42 Å². The van der Waals surface area contributed by atoms with E-state index in [1.807, 2.05) is 26.8 Å². The summed E-state index contributed by atoms with van der Waals surface area (Å²) in [6, 6.07) is 5.51. The molecule has 1 heterocycles. The maximum absolute atomic E-state index is 12.5. The number of halogens is 1. The number of rotatable bonds is 4. The van der Waals surface area contributed by atoms with E-state index in [2.05, 4.69) is 25.8 Å². The molecule has 7 heteroatoms. The molecule has 2 rings (SSSR count). The Labute approximate surface area is 133 Å². The van der Waals surface area contributed by atoms with Crippen LogP contribution in [0.25, 0.3) is 0 Å². The van der Waals surface area contributed by atoms with Gasteiger partial charge in [0.15, 0.2) is 0 Å². The molecule has 0 aliphatic rings. The normalized spacial score (nSPS) is 11.9. The molecule has 0 bridgehead atoms. The van der Waals surface area contributed by atoms with Crippen LogP contribution < -0.4 is 4.72 Å². The average Bonchev–Trinajstić information content (AvgIpc) is 2.76. The number of hydrogen-bond donors (Lipinski definition) is 1. The molecule has 0 aliphatic heterocycles. The standard InChI is InChI=1S/C14H18BrN3O2S/c1-9(2)18-8-14(11(4)16-18)21(19,20)17-13-6-5-12(15)7-10(13)3/h5-9,17H,1-4H3. The first-order valence-electron chi connectivity index (χ1n) is 6.55. The van der Waals surface area contributed by atoms with Gasteiger partial charge in [0.2, 0.25) is 0 Å². The number of aryl methyl sites for hydroxylation is 2. The van der Waals surface area contributed by atoms with E-state index in [1.165, 1.54) is 0 Å². The predicted molar refractivity (Wildman–Crippen MR) is 87.0 cm³/mol. The number of nitrogens with one attached hydrogen (secondary N) is 1. The van der Waals surface area contributed by atoms with Crippen molar-refractivity contribution in [2.75, 3.05) is 4.72 Å². The number of hydrogen-bond acceptors (Lipinski definition) is 3. The fraction of sp³-hybridized carbons (Fsp3) is 0.357. The first-order chi connectivity index (χ1) is 9.70. The fourth-order valence-corrected chi connectivity index (χ4v) is 3.72. The predicted octanol–water partition coefficient (Wildman–Crippen LogP) is 3.64. The molecule has 0 saturated carbocycles. The zero-order valence-electron chi connectivity index (χ0n) is 12.4. The summed E-state index contributed by atoms with van der Waals surface area (Å²) in [5, 5.41) is 4.24. The lowest BCUT2D eigenvalue weighted by molar-refractivity contribution is 0.528. The Morgan fingerprint density at radius 1 is 1.29 bits per heavy atom. The van der Waals surface area contributed by atoms with E-state index >= 15 is 0 Å². The van der Waals surface area contributed by atoms with Gasteiger partial charge in [-0.05, 0) is 51.5 Å². The largest absolute Gasteiger partial charge is 0.279 e. The van der Waals surface area contributed by atoms with Gasteiger partial charge in [-0.15, -0.1) is 0 Å². The van der Waals surface area contributed by atoms with Crippen LogP contribution in [0.1, 0.15) is 31.1 Å². The Hall–Kier alpha value is -1.34. The first-order valence-corrected chi connectivity index (χ1v) is 8.83. The Bertz CT molecular complexity index is 767. The topological polar surface area (TPSA) is 64.0 Å². The third-order valence-electron chi connectivity index (χ3n) is 3.12. The molecule has 1 aromatic carbocycles. The van der Waals surface area contributed by atoms with Gasteiger partial charge in [0.25, 0.3) is 10.0 Å². The van der Waals surface area contributed by atoms with Crippen molar-refractivity contribution in [2.45, 2.75) is 38.6 Å². The van der Waals surface area contributed by atoms with Gasteiger partial charge < -0.3 is 0 Å². The molecule has 0 atom stereocenters. The molecule has 21 heavy (non-hydrogen) atoms. The molecule has 0 radical (unpaired) electrons. The number of nitrogens with zero attached hydrogens (tertiary/aromatic N) is 2.